The van der Waals surface area contributed by atoms with Gasteiger partial charge in [0.2, 0.25) is 0 Å². The van der Waals surface area contributed by atoms with Crippen molar-refractivity contribution >= 4 is 0 Å². The predicted molar refractivity (Wildman–Crippen MR) is 52.2 cm³/mol. The van der Waals surface area contributed by atoms with Gasteiger partial charge in [-0.3, -0.25) is 4.90 Å². The molecule has 0 bridgehead atoms. The topological polar surface area (TPSA) is 3.24 Å². The first-order valence-electron chi connectivity index (χ1n) is 5.17. The molecule has 2 fully saturated rings. The summed E-state index contributed by atoms with van der Waals surface area (Å²) in [7, 11) is 0. The first-order valence-corrected chi connectivity index (χ1v) is 5.17. The molecule has 12 heavy (non-hydrogen) atoms. The maximum atomic E-state index is 2.59. The van der Waals surface area contributed by atoms with Crippen LogP contribution in [0.5, 0.6) is 0 Å². The van der Waals surface area contributed by atoms with Crippen LogP contribution in [0, 0.1) is 10.8 Å². The fourth-order valence-corrected chi connectivity index (χ4v) is 3.38. The zero-order valence-electron chi connectivity index (χ0n) is 8.85. The minimum absolute atomic E-state index is 0.656. The van der Waals surface area contributed by atoms with E-state index in [0.29, 0.717) is 5.41 Å². The molecule has 2 rings (SSSR count). The molecule has 0 N–H and O–H groups in total. The second-order valence-corrected chi connectivity index (χ2v) is 6.02. The van der Waals surface area contributed by atoms with Crippen LogP contribution in [-0.4, -0.2) is 24.0 Å². The molecule has 1 saturated carbocycles. The molecule has 1 nitrogen and oxygen atoms in total. The van der Waals surface area contributed by atoms with Gasteiger partial charge in [0.05, 0.1) is 0 Å². The van der Waals surface area contributed by atoms with Crippen LogP contribution in [0.1, 0.15) is 40.5 Å². The van der Waals surface area contributed by atoms with E-state index in [4.69, 9.17) is 0 Å². The van der Waals surface area contributed by atoms with Crippen molar-refractivity contribution in [1.29, 1.82) is 0 Å². The fourth-order valence-electron chi connectivity index (χ4n) is 3.38. The van der Waals surface area contributed by atoms with Crippen molar-refractivity contribution in [3.63, 3.8) is 0 Å². The Morgan fingerprint density at radius 2 is 1.58 bits per heavy atom. The Balaban J connectivity index is 1.83. The Kier molecular flexibility index (Phi) is 1.61. The zero-order valence-corrected chi connectivity index (χ0v) is 8.85. The summed E-state index contributed by atoms with van der Waals surface area (Å²) in [5, 5.41) is 0. The van der Waals surface area contributed by atoms with E-state index in [1.165, 1.54) is 25.9 Å². The van der Waals surface area contributed by atoms with Crippen molar-refractivity contribution in [2.24, 2.45) is 10.8 Å². The van der Waals surface area contributed by atoms with Crippen LogP contribution in [0.15, 0.2) is 0 Å². The SMILES string of the molecule is CC(C)N1CC2(C1)CC(C)(C)C2. The Labute approximate surface area is 76.1 Å². The lowest BCUT2D eigenvalue weighted by atomic mass is 9.51. The van der Waals surface area contributed by atoms with E-state index < -0.39 is 0 Å². The standard InChI is InChI=1S/C11H21N/c1-9(2)12-7-11(8-12)5-10(3,4)6-11/h9H,5-8H2,1-4H3. The molecule has 1 heterocycles. The highest BCUT2D eigenvalue weighted by atomic mass is 15.2. The quantitative estimate of drug-likeness (QED) is 0.580. The van der Waals surface area contributed by atoms with Crippen LogP contribution in [0.2, 0.25) is 0 Å². The summed E-state index contributed by atoms with van der Waals surface area (Å²) in [5.74, 6) is 0. The predicted octanol–water partition coefficient (Wildman–Crippen LogP) is 2.52. The van der Waals surface area contributed by atoms with E-state index >= 15 is 0 Å². The van der Waals surface area contributed by atoms with Gasteiger partial charge in [0.15, 0.2) is 0 Å². The van der Waals surface area contributed by atoms with Gasteiger partial charge in [-0.25, -0.2) is 0 Å². The van der Waals surface area contributed by atoms with Gasteiger partial charge in [0, 0.05) is 19.1 Å². The van der Waals surface area contributed by atoms with Gasteiger partial charge in [0.25, 0.3) is 0 Å². The highest BCUT2D eigenvalue weighted by molar-refractivity contribution is 5.08. The third-order valence-electron chi connectivity index (χ3n) is 3.51. The van der Waals surface area contributed by atoms with Gasteiger partial charge < -0.3 is 0 Å². The molecule has 0 aromatic rings. The van der Waals surface area contributed by atoms with Gasteiger partial charge in [-0.1, -0.05) is 13.8 Å². The van der Waals surface area contributed by atoms with E-state index in [1.807, 2.05) is 0 Å². The van der Waals surface area contributed by atoms with Gasteiger partial charge in [-0.15, -0.1) is 0 Å². The number of likely N-dealkylation sites (tertiary alicyclic amines) is 1. The number of hydrogen-bond donors (Lipinski definition) is 0. The van der Waals surface area contributed by atoms with E-state index in [9.17, 15) is 0 Å². The number of rotatable bonds is 1. The molecule has 2 aliphatic rings. The van der Waals surface area contributed by atoms with E-state index in [2.05, 4.69) is 32.6 Å². The lowest BCUT2D eigenvalue weighted by Crippen LogP contribution is -2.65. The molecular weight excluding hydrogens is 146 g/mol. The van der Waals surface area contributed by atoms with Crippen LogP contribution in [-0.2, 0) is 0 Å². The third-order valence-corrected chi connectivity index (χ3v) is 3.51. The second kappa shape index (κ2) is 2.25. The summed E-state index contributed by atoms with van der Waals surface area (Å²) in [6.07, 6.45) is 2.92. The number of hydrogen-bond acceptors (Lipinski definition) is 1. The van der Waals surface area contributed by atoms with Gasteiger partial charge in [-0.2, -0.15) is 0 Å². The van der Waals surface area contributed by atoms with Crippen molar-refractivity contribution in [3.8, 4) is 0 Å². The summed E-state index contributed by atoms with van der Waals surface area (Å²) in [5.41, 5.74) is 1.41. The van der Waals surface area contributed by atoms with Crippen LogP contribution in [0.3, 0.4) is 0 Å². The summed E-state index contributed by atoms with van der Waals surface area (Å²) in [6.45, 7) is 12.1. The minimum atomic E-state index is 0.656. The van der Waals surface area contributed by atoms with Crippen molar-refractivity contribution in [3.05, 3.63) is 0 Å². The zero-order chi connectivity index (χ0) is 8.98. The lowest BCUT2D eigenvalue weighted by molar-refractivity contribution is -0.139. The molecule has 1 heteroatoms. The Hall–Kier alpha value is -0.0400. The average Bonchev–Trinajstić information content (AvgIpc) is 1.75. The van der Waals surface area contributed by atoms with Crippen LogP contribution in [0.4, 0.5) is 0 Å². The maximum absolute atomic E-state index is 2.59. The van der Waals surface area contributed by atoms with Crippen LogP contribution >= 0.6 is 0 Å². The molecule has 0 amide bonds. The Bertz CT molecular complexity index is 177. The van der Waals surface area contributed by atoms with Gasteiger partial charge in [0.1, 0.15) is 0 Å². The molecule has 1 saturated heterocycles. The van der Waals surface area contributed by atoms with Crippen molar-refractivity contribution in [2.45, 2.75) is 46.6 Å². The molecule has 0 aromatic carbocycles. The molecule has 70 valence electrons. The van der Waals surface area contributed by atoms with Crippen LogP contribution < -0.4 is 0 Å². The van der Waals surface area contributed by atoms with Crippen molar-refractivity contribution in [1.82, 2.24) is 4.90 Å². The van der Waals surface area contributed by atoms with E-state index in [1.54, 1.807) is 0 Å². The molecule has 0 unspecified atom stereocenters. The third kappa shape index (κ3) is 1.19. The Morgan fingerprint density at radius 3 is 1.92 bits per heavy atom. The molecule has 0 radical (unpaired) electrons. The summed E-state index contributed by atoms with van der Waals surface area (Å²) >= 11 is 0. The lowest BCUT2D eigenvalue weighted by Gasteiger charge is -2.64. The summed E-state index contributed by atoms with van der Waals surface area (Å²) < 4.78 is 0. The van der Waals surface area contributed by atoms with Gasteiger partial charge in [-0.05, 0) is 37.5 Å². The van der Waals surface area contributed by atoms with Crippen LogP contribution in [0.25, 0.3) is 0 Å². The molecule has 1 aliphatic carbocycles. The normalized spacial score (nSPS) is 31.8. The number of nitrogens with zero attached hydrogens (tertiary/aromatic N) is 1. The summed E-state index contributed by atoms with van der Waals surface area (Å²) in [4.78, 5) is 2.59. The largest absolute Gasteiger partial charge is 0.300 e. The van der Waals surface area contributed by atoms with Gasteiger partial charge >= 0.3 is 0 Å². The van der Waals surface area contributed by atoms with E-state index in [-0.39, 0.29) is 0 Å². The highest BCUT2D eigenvalue weighted by Crippen LogP contribution is 2.58. The molecule has 1 spiro atoms. The fraction of sp³-hybridized carbons (Fsp3) is 1.00. The first-order chi connectivity index (χ1) is 5.43. The first kappa shape index (κ1) is 8.55. The summed E-state index contributed by atoms with van der Waals surface area (Å²) in [6, 6.07) is 0.763. The smallest absolute Gasteiger partial charge is 0.00536 e. The maximum Gasteiger partial charge on any atom is 0.00536 e. The van der Waals surface area contributed by atoms with Crippen molar-refractivity contribution in [2.75, 3.05) is 13.1 Å². The van der Waals surface area contributed by atoms with E-state index in [0.717, 1.165) is 11.5 Å². The molecule has 0 atom stereocenters. The molecule has 0 aromatic heterocycles. The molecular formula is C11H21N. The average molecular weight is 167 g/mol. The van der Waals surface area contributed by atoms with Crippen molar-refractivity contribution < 1.29 is 0 Å². The Morgan fingerprint density at radius 1 is 1.08 bits per heavy atom. The monoisotopic (exact) mass is 167 g/mol. The molecule has 1 aliphatic heterocycles. The highest BCUT2D eigenvalue weighted by Gasteiger charge is 2.55. The second-order valence-electron chi connectivity index (χ2n) is 6.02. The minimum Gasteiger partial charge on any atom is -0.300 e.